The molecule has 0 spiro atoms. The number of amides is 1. The first-order valence-electron chi connectivity index (χ1n) is 12.1. The molecule has 1 atom stereocenters. The van der Waals surface area contributed by atoms with Crippen molar-refractivity contribution < 1.29 is 4.79 Å². The molecule has 3 N–H and O–H groups in total. The van der Waals surface area contributed by atoms with Gasteiger partial charge in [0.05, 0.1) is 5.54 Å². The van der Waals surface area contributed by atoms with E-state index in [0.717, 1.165) is 18.5 Å². The third kappa shape index (κ3) is 7.84. The fraction of sp³-hybridized carbons (Fsp3) is 0.680. The van der Waals surface area contributed by atoms with Crippen molar-refractivity contribution in [2.45, 2.75) is 103 Å². The summed E-state index contributed by atoms with van der Waals surface area (Å²) in [5, 5.41) is 8.69. The number of hydrogen-bond donors (Lipinski definition) is 2. The third-order valence-electron chi connectivity index (χ3n) is 5.77. The molecule has 1 unspecified atom stereocenters. The number of hydrogen-bond acceptors (Lipinski definition) is 5. The van der Waals surface area contributed by atoms with Crippen molar-refractivity contribution in [3.05, 3.63) is 35.9 Å². The molecule has 1 aromatic rings. The minimum atomic E-state index is -0.578. The van der Waals surface area contributed by atoms with E-state index >= 15 is 0 Å². The fourth-order valence-electron chi connectivity index (χ4n) is 4.20. The van der Waals surface area contributed by atoms with Gasteiger partial charge in [-0.15, -0.1) is 10.2 Å². The summed E-state index contributed by atoms with van der Waals surface area (Å²) in [4.78, 5) is 12.4. The smallest absolute Gasteiger partial charge is 0.232 e. The highest BCUT2D eigenvalue weighted by Gasteiger charge is 2.40. The lowest BCUT2D eigenvalue weighted by Crippen LogP contribution is -2.57. The van der Waals surface area contributed by atoms with Crippen LogP contribution in [0.25, 0.3) is 0 Å². The molecule has 1 heterocycles. The van der Waals surface area contributed by atoms with Gasteiger partial charge in [0, 0.05) is 6.54 Å². The van der Waals surface area contributed by atoms with Crippen molar-refractivity contribution in [1.82, 2.24) is 15.7 Å². The molecule has 1 aromatic carbocycles. The maximum absolute atomic E-state index is 12.4. The lowest BCUT2D eigenvalue weighted by Gasteiger charge is -2.41. The van der Waals surface area contributed by atoms with Gasteiger partial charge in [-0.05, 0) is 32.8 Å². The summed E-state index contributed by atoms with van der Waals surface area (Å²) in [6.07, 6.45) is 13.1. The van der Waals surface area contributed by atoms with Gasteiger partial charge in [0.1, 0.15) is 5.92 Å². The van der Waals surface area contributed by atoms with Crippen molar-refractivity contribution >= 4 is 11.7 Å². The topological polar surface area (TPSA) is 74.0 Å². The average Bonchev–Trinajstić information content (AvgIpc) is 3.14. The predicted octanol–water partition coefficient (Wildman–Crippen LogP) is 5.33. The minimum absolute atomic E-state index is 0.233. The summed E-state index contributed by atoms with van der Waals surface area (Å²) in [5.74, 6) is -0.300. The van der Waals surface area contributed by atoms with Crippen molar-refractivity contribution in [2.75, 3.05) is 6.54 Å². The fourth-order valence-corrected chi connectivity index (χ4v) is 4.20. The molecule has 0 bridgehead atoms. The van der Waals surface area contributed by atoms with Crippen LogP contribution in [0.2, 0.25) is 0 Å². The van der Waals surface area contributed by atoms with Crippen LogP contribution in [-0.4, -0.2) is 34.0 Å². The van der Waals surface area contributed by atoms with Gasteiger partial charge in [-0.3, -0.25) is 9.80 Å². The predicted molar refractivity (Wildman–Crippen MR) is 129 cm³/mol. The van der Waals surface area contributed by atoms with Gasteiger partial charge in [-0.25, -0.2) is 5.53 Å². The standard InChI is InChI=1S/C25H43N5O/c1-5-6-7-8-9-10-11-12-13-17-20-29-28-27-24(30(29)25(2,3)4)22(23(26)31)21-18-15-14-16-19-21/h14-16,18-19,22,28H,5-13,17,20H2,1-4H3,(H2,26,31). The van der Waals surface area contributed by atoms with Crippen LogP contribution in [-0.2, 0) is 4.79 Å². The lowest BCUT2D eigenvalue weighted by molar-refractivity contribution is -0.118. The van der Waals surface area contributed by atoms with Crippen LogP contribution in [0.3, 0.4) is 0 Å². The van der Waals surface area contributed by atoms with Crippen LogP contribution in [0.1, 0.15) is 103 Å². The Bertz CT molecular complexity index is 683. The zero-order valence-electron chi connectivity index (χ0n) is 20.1. The van der Waals surface area contributed by atoms with Gasteiger partial charge in [0.2, 0.25) is 5.91 Å². The van der Waals surface area contributed by atoms with Crippen molar-refractivity contribution in [3.63, 3.8) is 0 Å². The number of nitrogens with one attached hydrogen (secondary N) is 1. The molecule has 6 heteroatoms. The van der Waals surface area contributed by atoms with E-state index < -0.39 is 5.92 Å². The summed E-state index contributed by atoms with van der Waals surface area (Å²) >= 11 is 0. The van der Waals surface area contributed by atoms with E-state index in [2.05, 4.69) is 43.3 Å². The summed E-state index contributed by atoms with van der Waals surface area (Å²) in [7, 11) is 0. The molecule has 31 heavy (non-hydrogen) atoms. The maximum Gasteiger partial charge on any atom is 0.232 e. The highest BCUT2D eigenvalue weighted by atomic mass is 16.1. The van der Waals surface area contributed by atoms with Crippen molar-refractivity contribution in [2.24, 2.45) is 10.8 Å². The van der Waals surface area contributed by atoms with Crippen LogP contribution >= 0.6 is 0 Å². The van der Waals surface area contributed by atoms with Gasteiger partial charge < -0.3 is 5.73 Å². The van der Waals surface area contributed by atoms with E-state index in [1.54, 1.807) is 0 Å². The molecule has 0 saturated carbocycles. The number of primary amides is 1. The first-order chi connectivity index (χ1) is 14.9. The SMILES string of the molecule is CCCCCCCCCCCCN1NN=C(C(C(N)=O)c2ccccc2)N1C(C)(C)C. The first kappa shape index (κ1) is 25.2. The summed E-state index contributed by atoms with van der Waals surface area (Å²) in [6.45, 7) is 9.50. The molecule has 2 rings (SSSR count). The molecule has 1 aliphatic heterocycles. The van der Waals surface area contributed by atoms with E-state index in [1.165, 1.54) is 57.8 Å². The van der Waals surface area contributed by atoms with Gasteiger partial charge in [0.25, 0.3) is 0 Å². The Morgan fingerprint density at radius 1 is 0.968 bits per heavy atom. The molecule has 0 aliphatic carbocycles. The van der Waals surface area contributed by atoms with E-state index in [1.807, 2.05) is 35.4 Å². The molecule has 0 aromatic heterocycles. The molecule has 0 saturated heterocycles. The Hall–Kier alpha value is -2.08. The van der Waals surface area contributed by atoms with Crippen molar-refractivity contribution in [1.29, 1.82) is 0 Å². The third-order valence-corrected chi connectivity index (χ3v) is 5.77. The van der Waals surface area contributed by atoms with Crippen LogP contribution in [0.15, 0.2) is 35.4 Å². The summed E-state index contributed by atoms with van der Waals surface area (Å²) < 4.78 is 0. The van der Waals surface area contributed by atoms with Gasteiger partial charge in [-0.2, -0.15) is 0 Å². The minimum Gasteiger partial charge on any atom is -0.369 e. The number of nitrogens with two attached hydrogens (primary N) is 1. The van der Waals surface area contributed by atoms with Crippen LogP contribution in [0.4, 0.5) is 0 Å². The maximum atomic E-state index is 12.4. The van der Waals surface area contributed by atoms with Crippen LogP contribution < -0.4 is 11.3 Å². The lowest BCUT2D eigenvalue weighted by atomic mass is 9.95. The van der Waals surface area contributed by atoms with Gasteiger partial charge in [-0.1, -0.05) is 95.0 Å². The second kappa shape index (κ2) is 12.7. The molecule has 1 aliphatic rings. The molecule has 174 valence electrons. The largest absolute Gasteiger partial charge is 0.369 e. The number of nitrogens with zero attached hydrogens (tertiary/aromatic N) is 3. The number of amidine groups is 1. The zero-order chi connectivity index (χ0) is 22.7. The molecule has 0 radical (unpaired) electrons. The number of carbonyl (C=O) groups is 1. The highest BCUT2D eigenvalue weighted by Crippen LogP contribution is 2.28. The Morgan fingerprint density at radius 2 is 1.52 bits per heavy atom. The number of carbonyl (C=O) groups excluding carboxylic acids is 1. The molecular weight excluding hydrogens is 386 g/mol. The number of benzene rings is 1. The summed E-state index contributed by atoms with van der Waals surface area (Å²) in [6, 6.07) is 9.66. The van der Waals surface area contributed by atoms with E-state index in [9.17, 15) is 4.79 Å². The highest BCUT2D eigenvalue weighted by molar-refractivity contribution is 6.08. The molecule has 6 nitrogen and oxygen atoms in total. The quantitative estimate of drug-likeness (QED) is 0.392. The normalized spacial score (nSPS) is 15.6. The number of rotatable bonds is 14. The number of unbranched alkanes of at least 4 members (excludes halogenated alkanes) is 9. The Kier molecular flexibility index (Phi) is 10.3. The second-order valence-electron chi connectivity index (χ2n) is 9.60. The van der Waals surface area contributed by atoms with Gasteiger partial charge in [0.15, 0.2) is 5.84 Å². The monoisotopic (exact) mass is 429 g/mol. The van der Waals surface area contributed by atoms with E-state index in [0.29, 0.717) is 5.84 Å². The second-order valence-corrected chi connectivity index (χ2v) is 9.60. The molecule has 1 amide bonds. The zero-order valence-corrected chi connectivity index (χ0v) is 20.1. The van der Waals surface area contributed by atoms with Crippen molar-refractivity contribution in [3.8, 4) is 0 Å². The first-order valence-corrected chi connectivity index (χ1v) is 12.1. The number of hydrazone groups is 1. The van der Waals surface area contributed by atoms with Crippen LogP contribution in [0.5, 0.6) is 0 Å². The Morgan fingerprint density at radius 3 is 2.03 bits per heavy atom. The van der Waals surface area contributed by atoms with Gasteiger partial charge >= 0.3 is 0 Å². The Balaban J connectivity index is 1.87. The molecule has 0 fully saturated rings. The van der Waals surface area contributed by atoms with E-state index in [-0.39, 0.29) is 11.4 Å². The summed E-state index contributed by atoms with van der Waals surface area (Å²) in [5.41, 5.74) is 9.59. The van der Waals surface area contributed by atoms with E-state index in [4.69, 9.17) is 5.73 Å². The molecular formula is C25H43N5O. The average molecular weight is 430 g/mol. The number of hydrazine groups is 2. The van der Waals surface area contributed by atoms with Crippen LogP contribution in [0, 0.1) is 0 Å². The Labute approximate surface area is 189 Å².